The molecule has 6 unspecified atom stereocenters. The molecule has 212 valence electrons. The fraction of sp³-hybridized carbons (Fsp3) is 1.00. The highest BCUT2D eigenvalue weighted by molar-refractivity contribution is 4.97. The Morgan fingerprint density at radius 2 is 0.943 bits per heavy atom. The van der Waals surface area contributed by atoms with Crippen molar-refractivity contribution < 1.29 is 30.7 Å². The molecule has 0 nitrogen and oxygen atoms in total. The summed E-state index contributed by atoms with van der Waals surface area (Å²) in [6.07, 6.45) is -2.10. The molecule has 3 aliphatic carbocycles. The fourth-order valence-electron chi connectivity index (χ4n) is 5.38. The minimum Gasteiger partial charge on any atom is -0.247 e. The lowest BCUT2D eigenvalue weighted by molar-refractivity contribution is -0.175. The van der Waals surface area contributed by atoms with Crippen LogP contribution < -0.4 is 0 Å². The zero-order valence-electron chi connectivity index (χ0n) is 22.5. The lowest BCUT2D eigenvalue weighted by atomic mass is 9.72. The Bertz CT molecular complexity index is 542. The van der Waals surface area contributed by atoms with Crippen LogP contribution in [-0.4, -0.2) is 35.8 Å². The molecule has 0 radical (unpaired) electrons. The monoisotopic (exact) mass is 520 g/mol. The minimum absolute atomic E-state index is 0. The molecule has 0 aromatic heterocycles. The third kappa shape index (κ3) is 8.79. The number of rotatable bonds is 0. The van der Waals surface area contributed by atoms with Crippen molar-refractivity contribution in [1.82, 2.24) is 0 Å². The zero-order valence-corrected chi connectivity index (χ0v) is 22.5. The lowest BCUT2D eigenvalue weighted by Crippen LogP contribution is -2.49. The van der Waals surface area contributed by atoms with Gasteiger partial charge in [0.1, 0.15) is 24.2 Å². The molecule has 0 aromatic rings. The first-order chi connectivity index (χ1) is 15.2. The summed E-state index contributed by atoms with van der Waals surface area (Å²) < 4.78 is 92.1. The predicted octanol–water partition coefficient (Wildman–Crippen LogP) is 10.1. The van der Waals surface area contributed by atoms with Gasteiger partial charge in [-0.3, -0.25) is 0 Å². The largest absolute Gasteiger partial charge is 0.281 e. The van der Waals surface area contributed by atoms with Crippen molar-refractivity contribution >= 4 is 0 Å². The molecule has 12 atom stereocenters. The highest BCUT2D eigenvalue weighted by Crippen LogP contribution is 2.48. The van der Waals surface area contributed by atoms with Gasteiger partial charge in [0.05, 0.1) is 0 Å². The summed E-state index contributed by atoms with van der Waals surface area (Å²) in [6.45, 7) is 15.4. The van der Waals surface area contributed by atoms with E-state index in [-0.39, 0.29) is 38.0 Å². The topological polar surface area (TPSA) is 0 Å². The molecule has 35 heavy (non-hydrogen) atoms. The fourth-order valence-corrected chi connectivity index (χ4v) is 5.38. The highest BCUT2D eigenvalue weighted by atomic mass is 19.3. The van der Waals surface area contributed by atoms with Crippen molar-refractivity contribution in [1.29, 1.82) is 0 Å². The molecular formula is C28H51F7. The molecule has 0 spiro atoms. The molecule has 0 aromatic carbocycles. The third-order valence-electron chi connectivity index (χ3n) is 9.00. The number of halogens is 7. The maximum absolute atomic E-state index is 13.3. The van der Waals surface area contributed by atoms with E-state index in [1.54, 1.807) is 27.7 Å². The van der Waals surface area contributed by atoms with E-state index in [2.05, 4.69) is 13.8 Å². The molecule has 3 rings (SSSR count). The summed E-state index contributed by atoms with van der Waals surface area (Å²) >= 11 is 0. The Morgan fingerprint density at radius 3 is 1.37 bits per heavy atom. The van der Waals surface area contributed by atoms with Crippen molar-refractivity contribution in [3.8, 4) is 0 Å². The van der Waals surface area contributed by atoms with Gasteiger partial charge in [-0.15, -0.1) is 0 Å². The Balaban J connectivity index is 0.000000491. The number of hydrogen-bond acceptors (Lipinski definition) is 0. The zero-order chi connectivity index (χ0) is 26.8. The molecule has 0 N–H and O–H groups in total. The van der Waals surface area contributed by atoms with Gasteiger partial charge in [0.2, 0.25) is 0 Å². The molecule has 0 heterocycles. The summed E-state index contributed by atoms with van der Waals surface area (Å²) in [4.78, 5) is 0. The molecular weight excluding hydrogens is 469 g/mol. The molecule has 0 bridgehead atoms. The second-order valence-corrected chi connectivity index (χ2v) is 12.3. The third-order valence-corrected chi connectivity index (χ3v) is 9.00. The van der Waals surface area contributed by atoms with Crippen LogP contribution in [0.3, 0.4) is 0 Å². The van der Waals surface area contributed by atoms with Crippen LogP contribution in [0.2, 0.25) is 0 Å². The Hall–Kier alpha value is -0.490. The first-order valence-corrected chi connectivity index (χ1v) is 12.9. The first-order valence-electron chi connectivity index (χ1n) is 12.9. The molecule has 3 saturated carbocycles. The average Bonchev–Trinajstić information content (AvgIpc) is 2.71. The van der Waals surface area contributed by atoms with Crippen LogP contribution in [0.4, 0.5) is 30.7 Å². The van der Waals surface area contributed by atoms with Crippen LogP contribution in [0.5, 0.6) is 0 Å². The van der Waals surface area contributed by atoms with Crippen molar-refractivity contribution in [2.24, 2.45) is 41.4 Å². The Kier molecular flexibility index (Phi) is 12.7. The molecule has 0 amide bonds. The maximum Gasteiger partial charge on any atom is 0.281 e. The van der Waals surface area contributed by atoms with E-state index in [0.717, 1.165) is 32.1 Å². The van der Waals surface area contributed by atoms with Gasteiger partial charge < -0.3 is 0 Å². The minimum atomic E-state index is -3.14. The van der Waals surface area contributed by atoms with E-state index in [0.29, 0.717) is 5.92 Å². The van der Waals surface area contributed by atoms with Gasteiger partial charge >= 0.3 is 0 Å². The number of hydrogen-bond donors (Lipinski definition) is 0. The van der Waals surface area contributed by atoms with Gasteiger partial charge in [0.15, 0.2) is 5.67 Å². The van der Waals surface area contributed by atoms with Gasteiger partial charge in [-0.2, -0.15) is 0 Å². The summed E-state index contributed by atoms with van der Waals surface area (Å²) in [7, 11) is 0. The Morgan fingerprint density at radius 1 is 0.543 bits per heavy atom. The van der Waals surface area contributed by atoms with E-state index in [1.165, 1.54) is 6.92 Å². The quantitative estimate of drug-likeness (QED) is 0.279. The van der Waals surface area contributed by atoms with Gasteiger partial charge in [-0.1, -0.05) is 55.9 Å². The lowest BCUT2D eigenvalue weighted by Gasteiger charge is -2.41. The molecule has 0 saturated heterocycles. The molecule has 3 fully saturated rings. The standard InChI is InChI=1S/2C9H15F3.C9H17F.CH4/c1-6-4-8(3,10)9(11,12)5-7(6)2;1-4-5(2)8(11)9(12)6(3)7(4)10;1-7-4-5-9(3,10)6-8(7)2;/h6-7H,4-5H2,1-3H3;4-9H,1-3H3;7-8H,4-6H2,1-3H3;1H4/t6-,7+,8?;4-,5+,6?,7?,8?,9?;7-,8+,9?;/m011./s1. The van der Waals surface area contributed by atoms with Crippen LogP contribution in [0.25, 0.3) is 0 Å². The van der Waals surface area contributed by atoms with Crippen molar-refractivity contribution in [2.45, 2.75) is 138 Å². The van der Waals surface area contributed by atoms with E-state index >= 15 is 0 Å². The summed E-state index contributed by atoms with van der Waals surface area (Å²) in [5, 5.41) is 0. The van der Waals surface area contributed by atoms with Crippen LogP contribution in [0.15, 0.2) is 0 Å². The summed E-state index contributed by atoms with van der Waals surface area (Å²) in [6, 6.07) is 0. The molecule has 0 aliphatic heterocycles. The summed E-state index contributed by atoms with van der Waals surface area (Å²) in [5.41, 5.74) is -3.18. The van der Waals surface area contributed by atoms with Gasteiger partial charge in [-0.05, 0) is 75.0 Å². The summed E-state index contributed by atoms with van der Waals surface area (Å²) in [5.74, 6) is -3.55. The van der Waals surface area contributed by atoms with Gasteiger partial charge in [-0.25, -0.2) is 30.7 Å². The predicted molar refractivity (Wildman–Crippen MR) is 133 cm³/mol. The highest BCUT2D eigenvalue weighted by Gasteiger charge is 2.56. The van der Waals surface area contributed by atoms with Crippen molar-refractivity contribution in [3.63, 3.8) is 0 Å². The SMILES string of the molecule is C.CC1C(F)C(F)[C@@H](C)[C@@H](C)C1F.C[C@@H]1CC(F)(F)C(C)(F)C[C@@H]1C.C[C@@H]1CCC(C)(F)C[C@@H]1C. The number of alkyl halides is 7. The van der Waals surface area contributed by atoms with Crippen molar-refractivity contribution in [3.05, 3.63) is 0 Å². The van der Waals surface area contributed by atoms with Crippen LogP contribution in [-0.2, 0) is 0 Å². The van der Waals surface area contributed by atoms with E-state index in [9.17, 15) is 30.7 Å². The van der Waals surface area contributed by atoms with E-state index in [4.69, 9.17) is 0 Å². The molecule has 3 aliphatic rings. The van der Waals surface area contributed by atoms with Gasteiger partial charge in [0.25, 0.3) is 5.92 Å². The molecule has 7 heteroatoms. The van der Waals surface area contributed by atoms with Crippen LogP contribution >= 0.6 is 0 Å². The normalized spacial score (nSPS) is 49.4. The van der Waals surface area contributed by atoms with E-state index in [1.807, 2.05) is 6.92 Å². The maximum atomic E-state index is 13.3. The second-order valence-electron chi connectivity index (χ2n) is 12.3. The first kappa shape index (κ1) is 34.5. The smallest absolute Gasteiger partial charge is 0.247 e. The Labute approximate surface area is 210 Å². The van der Waals surface area contributed by atoms with E-state index < -0.39 is 47.6 Å². The van der Waals surface area contributed by atoms with Crippen LogP contribution in [0, 0.1) is 41.4 Å². The second kappa shape index (κ2) is 12.8. The van der Waals surface area contributed by atoms with Crippen LogP contribution in [0.1, 0.15) is 102 Å². The average molecular weight is 521 g/mol. The van der Waals surface area contributed by atoms with Gasteiger partial charge in [0, 0.05) is 12.3 Å². The van der Waals surface area contributed by atoms with Crippen molar-refractivity contribution in [2.75, 3.05) is 0 Å².